The van der Waals surface area contributed by atoms with E-state index >= 15 is 0 Å². The van der Waals surface area contributed by atoms with E-state index in [0.29, 0.717) is 16.8 Å². The number of fused-ring (bicyclic) bond motifs is 1. The number of hydrogen-bond acceptors (Lipinski definition) is 8. The molecule has 0 fully saturated rings. The van der Waals surface area contributed by atoms with Crippen LogP contribution in [0, 0.1) is 17.6 Å². The monoisotopic (exact) mass is 699 g/mol. The highest BCUT2D eigenvalue weighted by molar-refractivity contribution is 6.09. The van der Waals surface area contributed by atoms with Gasteiger partial charge < -0.3 is 25.3 Å². The van der Waals surface area contributed by atoms with Crippen LogP contribution in [-0.4, -0.2) is 64.6 Å². The molecule has 3 unspecified atom stereocenters. The quantitative estimate of drug-likeness (QED) is 0.155. The molecule has 0 bridgehead atoms. The van der Waals surface area contributed by atoms with Gasteiger partial charge in [-0.05, 0) is 40.5 Å². The van der Waals surface area contributed by atoms with E-state index in [1.807, 2.05) is 44.2 Å². The van der Waals surface area contributed by atoms with Crippen LogP contribution in [0.5, 0.6) is 0 Å². The first-order valence-electron chi connectivity index (χ1n) is 16.1. The predicted molar refractivity (Wildman–Crippen MR) is 182 cm³/mol. The standard InChI is InChI=1S/C38H35F2N3O8/c1-22(2)34(42-35(47)26-15-8-13-24-12-6-7-14-25(24)26)30-20-38(51-43-30,19-23-10-4-3-5-11-23)37(49)41-29(18-32(45)46)31(44)21-50-36(48)33-27(39)16-9-17-28(33)40/h3-17,22,29,34H,18-21H2,1-2H3,(H,41,49)(H,42,47)(H,45,46). The lowest BCUT2D eigenvalue weighted by Crippen LogP contribution is -2.55. The number of benzene rings is 4. The number of carbonyl (C=O) groups is 5. The summed E-state index contributed by atoms with van der Waals surface area (Å²) in [7, 11) is 0. The van der Waals surface area contributed by atoms with Crippen LogP contribution in [0.4, 0.5) is 8.78 Å². The third kappa shape index (κ3) is 8.43. The number of nitrogens with zero attached hydrogens (tertiary/aromatic N) is 1. The highest BCUT2D eigenvalue weighted by Crippen LogP contribution is 2.32. The molecule has 0 aliphatic carbocycles. The van der Waals surface area contributed by atoms with Crippen LogP contribution >= 0.6 is 0 Å². The molecule has 0 aromatic heterocycles. The van der Waals surface area contributed by atoms with Gasteiger partial charge in [0.15, 0.2) is 12.4 Å². The molecule has 3 N–H and O–H groups in total. The molecule has 1 heterocycles. The summed E-state index contributed by atoms with van der Waals surface area (Å²) < 4.78 is 33.0. The molecule has 0 spiro atoms. The van der Waals surface area contributed by atoms with E-state index in [2.05, 4.69) is 15.8 Å². The number of hydrogen-bond donors (Lipinski definition) is 3. The van der Waals surface area contributed by atoms with Gasteiger partial charge in [0.25, 0.3) is 11.8 Å². The maximum Gasteiger partial charge on any atom is 0.344 e. The number of Topliss-reactive ketones (excluding diaryl/α,β-unsaturated/α-hetero) is 1. The SMILES string of the molecule is CC(C)C(NC(=O)c1cccc2ccccc12)C1=NOC(Cc2ccccc2)(C(=O)NC(CC(=O)O)C(=O)COC(=O)c2c(F)cccc2F)C1. The van der Waals surface area contributed by atoms with E-state index in [9.17, 15) is 37.9 Å². The Bertz CT molecular complexity index is 1980. The zero-order valence-electron chi connectivity index (χ0n) is 27.7. The zero-order chi connectivity index (χ0) is 36.7. The lowest BCUT2D eigenvalue weighted by atomic mass is 9.84. The van der Waals surface area contributed by atoms with Crippen LogP contribution in [0.2, 0.25) is 0 Å². The van der Waals surface area contributed by atoms with Gasteiger partial charge >= 0.3 is 11.9 Å². The summed E-state index contributed by atoms with van der Waals surface area (Å²) >= 11 is 0. The highest BCUT2D eigenvalue weighted by Gasteiger charge is 2.49. The number of carboxylic acids is 1. The summed E-state index contributed by atoms with van der Waals surface area (Å²) in [5.41, 5.74) is -1.36. The number of amides is 2. The lowest BCUT2D eigenvalue weighted by Gasteiger charge is -2.29. The highest BCUT2D eigenvalue weighted by atomic mass is 19.1. The topological polar surface area (TPSA) is 160 Å². The molecule has 2 amide bonds. The molecular weight excluding hydrogens is 664 g/mol. The number of ketones is 1. The second-order valence-corrected chi connectivity index (χ2v) is 12.5. The molecule has 11 nitrogen and oxygen atoms in total. The molecule has 1 aliphatic heterocycles. The Morgan fingerprint density at radius 1 is 0.882 bits per heavy atom. The van der Waals surface area contributed by atoms with Gasteiger partial charge in [-0.3, -0.25) is 19.2 Å². The average molecular weight is 700 g/mol. The van der Waals surface area contributed by atoms with Crippen molar-refractivity contribution in [1.29, 1.82) is 0 Å². The van der Waals surface area contributed by atoms with Crippen LogP contribution in [0.1, 0.15) is 53.0 Å². The normalized spacial score (nSPS) is 16.5. The number of esters is 1. The van der Waals surface area contributed by atoms with E-state index in [1.54, 1.807) is 42.5 Å². The summed E-state index contributed by atoms with van der Waals surface area (Å²) in [4.78, 5) is 70.9. The van der Waals surface area contributed by atoms with Gasteiger partial charge in [-0.2, -0.15) is 0 Å². The number of oxime groups is 1. The molecule has 4 aromatic rings. The van der Waals surface area contributed by atoms with Gasteiger partial charge in [-0.25, -0.2) is 13.6 Å². The molecule has 0 saturated heterocycles. The van der Waals surface area contributed by atoms with Crippen molar-refractivity contribution < 1.29 is 47.4 Å². The third-order valence-corrected chi connectivity index (χ3v) is 8.48. The smallest absolute Gasteiger partial charge is 0.344 e. The van der Waals surface area contributed by atoms with Crippen molar-refractivity contribution >= 4 is 46.0 Å². The molecule has 4 aromatic carbocycles. The summed E-state index contributed by atoms with van der Waals surface area (Å²) in [6, 6.07) is 21.9. The van der Waals surface area contributed by atoms with Gasteiger partial charge in [-0.1, -0.05) is 91.8 Å². The van der Waals surface area contributed by atoms with Gasteiger partial charge in [0.1, 0.15) is 23.2 Å². The van der Waals surface area contributed by atoms with E-state index in [4.69, 9.17) is 9.57 Å². The number of rotatable bonds is 14. The average Bonchev–Trinajstić information content (AvgIpc) is 3.53. The maximum absolute atomic E-state index is 14.1. The molecule has 13 heteroatoms. The molecule has 51 heavy (non-hydrogen) atoms. The molecule has 3 atom stereocenters. The Morgan fingerprint density at radius 2 is 1.53 bits per heavy atom. The Balaban J connectivity index is 1.36. The summed E-state index contributed by atoms with van der Waals surface area (Å²) in [6.45, 7) is 2.64. The maximum atomic E-state index is 14.1. The minimum Gasteiger partial charge on any atom is -0.481 e. The van der Waals surface area contributed by atoms with Gasteiger partial charge in [0.2, 0.25) is 5.60 Å². The van der Waals surface area contributed by atoms with Crippen molar-refractivity contribution in [2.75, 3.05) is 6.61 Å². The van der Waals surface area contributed by atoms with E-state index in [-0.39, 0.29) is 24.7 Å². The van der Waals surface area contributed by atoms with E-state index < -0.39 is 71.5 Å². The Kier molecular flexibility index (Phi) is 11.2. The van der Waals surface area contributed by atoms with Crippen molar-refractivity contribution in [3.05, 3.63) is 119 Å². The molecule has 5 rings (SSSR count). The fourth-order valence-electron chi connectivity index (χ4n) is 5.88. The Morgan fingerprint density at radius 3 is 2.22 bits per heavy atom. The van der Waals surface area contributed by atoms with Gasteiger partial charge in [-0.15, -0.1) is 0 Å². The van der Waals surface area contributed by atoms with Crippen molar-refractivity contribution in [1.82, 2.24) is 10.6 Å². The predicted octanol–water partition coefficient (Wildman–Crippen LogP) is 5.02. The van der Waals surface area contributed by atoms with Crippen molar-refractivity contribution in [3.63, 3.8) is 0 Å². The first-order valence-corrected chi connectivity index (χ1v) is 16.1. The molecule has 0 radical (unpaired) electrons. The zero-order valence-corrected chi connectivity index (χ0v) is 27.7. The second kappa shape index (κ2) is 15.7. The summed E-state index contributed by atoms with van der Waals surface area (Å²) in [6.07, 6.45) is -1.09. The number of ether oxygens (including phenoxy) is 1. The molecular formula is C38H35F2N3O8. The summed E-state index contributed by atoms with van der Waals surface area (Å²) in [5, 5.41) is 20.9. The van der Waals surface area contributed by atoms with E-state index in [1.165, 1.54) is 0 Å². The fraction of sp³-hybridized carbons (Fsp3) is 0.263. The van der Waals surface area contributed by atoms with Crippen molar-refractivity contribution in [2.45, 2.75) is 50.8 Å². The van der Waals surface area contributed by atoms with Crippen LogP contribution in [0.25, 0.3) is 10.8 Å². The van der Waals surface area contributed by atoms with Crippen molar-refractivity contribution in [3.8, 4) is 0 Å². The third-order valence-electron chi connectivity index (χ3n) is 8.48. The first-order chi connectivity index (χ1) is 24.4. The summed E-state index contributed by atoms with van der Waals surface area (Å²) in [5.74, 6) is -7.89. The minimum atomic E-state index is -1.78. The van der Waals surface area contributed by atoms with Crippen LogP contribution < -0.4 is 10.6 Å². The van der Waals surface area contributed by atoms with Gasteiger partial charge in [0.05, 0.1) is 18.2 Å². The Labute approximate surface area is 291 Å². The lowest BCUT2D eigenvalue weighted by molar-refractivity contribution is -0.148. The minimum absolute atomic E-state index is 0.0513. The van der Waals surface area contributed by atoms with Gasteiger partial charge in [0, 0.05) is 18.4 Å². The van der Waals surface area contributed by atoms with Crippen LogP contribution in [0.15, 0.2) is 96.2 Å². The Hall–Kier alpha value is -5.98. The van der Waals surface area contributed by atoms with Crippen LogP contribution in [-0.2, 0) is 30.4 Å². The van der Waals surface area contributed by atoms with E-state index in [0.717, 1.165) is 29.0 Å². The number of halogens is 2. The van der Waals surface area contributed by atoms with Crippen LogP contribution in [0.3, 0.4) is 0 Å². The molecule has 1 aliphatic rings. The fourth-order valence-corrected chi connectivity index (χ4v) is 5.88. The molecule has 0 saturated carbocycles. The largest absolute Gasteiger partial charge is 0.481 e. The number of carbonyl (C=O) groups excluding carboxylic acids is 4. The van der Waals surface area contributed by atoms with Crippen molar-refractivity contribution in [2.24, 2.45) is 11.1 Å². The number of aliphatic carboxylic acids is 1. The second-order valence-electron chi connectivity index (χ2n) is 12.5. The number of carboxylic acid groups (broad SMARTS) is 1. The molecule has 264 valence electrons. The number of nitrogens with one attached hydrogen (secondary N) is 2. The first kappa shape index (κ1) is 36.3.